The second-order valence-electron chi connectivity index (χ2n) is 4.93. The van der Waals surface area contributed by atoms with Crippen molar-refractivity contribution in [1.29, 1.82) is 0 Å². The van der Waals surface area contributed by atoms with E-state index in [4.69, 9.17) is 4.42 Å². The fraction of sp³-hybridized carbons (Fsp3) is 0.538. The molecular formula is C13H13F3N2O. The largest absolute Gasteiger partial charge is 0.422 e. The molecule has 19 heavy (non-hydrogen) atoms. The Morgan fingerprint density at radius 1 is 1.16 bits per heavy atom. The van der Waals surface area contributed by atoms with Crippen molar-refractivity contribution in [2.45, 2.75) is 44.2 Å². The number of nitrogens with zero attached hydrogens (tertiary/aromatic N) is 2. The first-order valence-corrected chi connectivity index (χ1v) is 6.38. The van der Waals surface area contributed by atoms with Crippen LogP contribution in [0.5, 0.6) is 0 Å². The van der Waals surface area contributed by atoms with Gasteiger partial charge >= 0.3 is 6.18 Å². The number of fused-ring (bicyclic) bond motifs is 1. The SMILES string of the molecule is FC(F)(F)c1cnc2oc(C3CCCCC3)nc2c1. The summed E-state index contributed by atoms with van der Waals surface area (Å²) < 4.78 is 43.2. The minimum absolute atomic E-state index is 0.188. The Morgan fingerprint density at radius 2 is 1.89 bits per heavy atom. The van der Waals surface area contributed by atoms with E-state index in [0.29, 0.717) is 5.89 Å². The van der Waals surface area contributed by atoms with E-state index in [2.05, 4.69) is 9.97 Å². The summed E-state index contributed by atoms with van der Waals surface area (Å²) in [5.74, 6) is 0.749. The Labute approximate surface area is 107 Å². The van der Waals surface area contributed by atoms with Crippen LogP contribution in [0.4, 0.5) is 13.2 Å². The zero-order valence-corrected chi connectivity index (χ0v) is 10.2. The summed E-state index contributed by atoms with van der Waals surface area (Å²) in [6, 6.07) is 0.998. The number of oxazole rings is 1. The van der Waals surface area contributed by atoms with Gasteiger partial charge in [-0.25, -0.2) is 9.97 Å². The molecule has 6 heteroatoms. The van der Waals surface area contributed by atoms with Gasteiger partial charge in [0.05, 0.1) is 5.56 Å². The zero-order valence-electron chi connectivity index (χ0n) is 10.2. The fourth-order valence-corrected chi connectivity index (χ4v) is 2.52. The van der Waals surface area contributed by atoms with Gasteiger partial charge in [0.15, 0.2) is 0 Å². The van der Waals surface area contributed by atoms with Crippen LogP contribution in [-0.2, 0) is 6.18 Å². The number of halogens is 3. The Hall–Kier alpha value is -1.59. The Balaban J connectivity index is 1.96. The molecule has 1 aliphatic rings. The average molecular weight is 270 g/mol. The summed E-state index contributed by atoms with van der Waals surface area (Å²) in [7, 11) is 0. The van der Waals surface area contributed by atoms with Crippen LogP contribution in [0.3, 0.4) is 0 Å². The minimum Gasteiger partial charge on any atom is -0.422 e. The third-order valence-electron chi connectivity index (χ3n) is 3.55. The maximum atomic E-state index is 12.6. The van der Waals surface area contributed by atoms with Gasteiger partial charge in [0.1, 0.15) is 5.52 Å². The summed E-state index contributed by atoms with van der Waals surface area (Å²) in [6.07, 6.45) is 1.80. The van der Waals surface area contributed by atoms with E-state index in [1.54, 1.807) is 0 Å². The number of hydrogen-bond acceptors (Lipinski definition) is 3. The van der Waals surface area contributed by atoms with E-state index in [1.165, 1.54) is 6.42 Å². The molecule has 0 radical (unpaired) electrons. The molecule has 0 aliphatic heterocycles. The lowest BCUT2D eigenvalue weighted by Gasteiger charge is -2.17. The lowest BCUT2D eigenvalue weighted by atomic mass is 9.89. The zero-order chi connectivity index (χ0) is 13.5. The quantitative estimate of drug-likeness (QED) is 0.776. The van der Waals surface area contributed by atoms with Gasteiger partial charge in [-0.3, -0.25) is 0 Å². The molecule has 0 atom stereocenters. The van der Waals surface area contributed by atoms with Crippen molar-refractivity contribution >= 4 is 11.2 Å². The smallest absolute Gasteiger partial charge is 0.417 e. The normalized spacial score (nSPS) is 18.1. The molecule has 0 unspecified atom stereocenters. The molecule has 1 fully saturated rings. The molecule has 2 aromatic heterocycles. The van der Waals surface area contributed by atoms with Gasteiger partial charge in [0.2, 0.25) is 11.6 Å². The first kappa shape index (κ1) is 12.4. The molecule has 0 amide bonds. The van der Waals surface area contributed by atoms with E-state index >= 15 is 0 Å². The number of pyridine rings is 1. The van der Waals surface area contributed by atoms with Gasteiger partial charge in [0, 0.05) is 12.1 Å². The van der Waals surface area contributed by atoms with Crippen molar-refractivity contribution in [1.82, 2.24) is 9.97 Å². The lowest BCUT2D eigenvalue weighted by Crippen LogP contribution is -2.05. The molecule has 0 spiro atoms. The minimum atomic E-state index is -4.40. The van der Waals surface area contributed by atoms with Crippen LogP contribution in [0.15, 0.2) is 16.7 Å². The summed E-state index contributed by atoms with van der Waals surface area (Å²) in [4.78, 5) is 7.90. The van der Waals surface area contributed by atoms with Gasteiger partial charge in [-0.2, -0.15) is 13.2 Å². The van der Waals surface area contributed by atoms with E-state index in [-0.39, 0.29) is 17.1 Å². The molecule has 2 aromatic rings. The Kier molecular flexibility index (Phi) is 2.95. The van der Waals surface area contributed by atoms with Gasteiger partial charge in [-0.15, -0.1) is 0 Å². The van der Waals surface area contributed by atoms with Crippen LogP contribution in [0, 0.1) is 0 Å². The van der Waals surface area contributed by atoms with E-state index in [1.807, 2.05) is 0 Å². The van der Waals surface area contributed by atoms with Crippen molar-refractivity contribution in [2.24, 2.45) is 0 Å². The lowest BCUT2D eigenvalue weighted by molar-refractivity contribution is -0.137. The second-order valence-corrected chi connectivity index (χ2v) is 4.93. The summed E-state index contributed by atoms with van der Waals surface area (Å²) in [6.45, 7) is 0. The molecule has 0 N–H and O–H groups in total. The molecule has 2 heterocycles. The summed E-state index contributed by atoms with van der Waals surface area (Å²) in [5.41, 5.74) is -0.410. The molecule has 0 aromatic carbocycles. The number of hydrogen-bond donors (Lipinski definition) is 0. The third kappa shape index (κ3) is 2.43. The number of rotatable bonds is 1. The van der Waals surface area contributed by atoms with E-state index in [9.17, 15) is 13.2 Å². The third-order valence-corrected chi connectivity index (χ3v) is 3.55. The first-order valence-electron chi connectivity index (χ1n) is 6.38. The maximum Gasteiger partial charge on any atom is 0.417 e. The molecule has 1 aliphatic carbocycles. The predicted molar refractivity (Wildman–Crippen MR) is 62.6 cm³/mol. The maximum absolute atomic E-state index is 12.6. The molecule has 3 rings (SSSR count). The van der Waals surface area contributed by atoms with Gasteiger partial charge < -0.3 is 4.42 Å². The predicted octanol–water partition coefficient (Wildman–Crippen LogP) is 4.29. The fourth-order valence-electron chi connectivity index (χ4n) is 2.52. The van der Waals surface area contributed by atoms with Gasteiger partial charge in [-0.1, -0.05) is 19.3 Å². The average Bonchev–Trinajstić information content (AvgIpc) is 2.81. The molecule has 0 bridgehead atoms. The second kappa shape index (κ2) is 4.51. The van der Waals surface area contributed by atoms with Crippen LogP contribution < -0.4 is 0 Å². The molecule has 0 saturated heterocycles. The highest BCUT2D eigenvalue weighted by Gasteiger charge is 2.32. The van der Waals surface area contributed by atoms with Crippen molar-refractivity contribution in [2.75, 3.05) is 0 Å². The molecule has 102 valence electrons. The first-order chi connectivity index (χ1) is 9.04. The van der Waals surface area contributed by atoms with Crippen molar-refractivity contribution in [3.05, 3.63) is 23.7 Å². The van der Waals surface area contributed by atoms with E-state index < -0.39 is 11.7 Å². The van der Waals surface area contributed by atoms with Crippen LogP contribution >= 0.6 is 0 Å². The topological polar surface area (TPSA) is 38.9 Å². The van der Waals surface area contributed by atoms with Gasteiger partial charge in [-0.05, 0) is 18.9 Å². The number of alkyl halides is 3. The van der Waals surface area contributed by atoms with Crippen LogP contribution in [0.25, 0.3) is 11.2 Å². The highest BCUT2D eigenvalue weighted by Crippen LogP contribution is 2.35. The highest BCUT2D eigenvalue weighted by atomic mass is 19.4. The Morgan fingerprint density at radius 3 is 2.58 bits per heavy atom. The van der Waals surface area contributed by atoms with Crippen molar-refractivity contribution in [3.63, 3.8) is 0 Å². The summed E-state index contributed by atoms with van der Waals surface area (Å²) in [5, 5.41) is 0. The van der Waals surface area contributed by atoms with Crippen LogP contribution in [0.1, 0.15) is 49.5 Å². The van der Waals surface area contributed by atoms with E-state index in [0.717, 1.165) is 37.9 Å². The van der Waals surface area contributed by atoms with Crippen molar-refractivity contribution < 1.29 is 17.6 Å². The molecule has 1 saturated carbocycles. The molecular weight excluding hydrogens is 257 g/mol. The Bertz CT molecular complexity index is 585. The highest BCUT2D eigenvalue weighted by molar-refractivity contribution is 5.68. The van der Waals surface area contributed by atoms with Crippen molar-refractivity contribution in [3.8, 4) is 0 Å². The standard InChI is InChI=1S/C13H13F3N2O/c14-13(15,16)9-6-10-12(17-7-9)19-11(18-10)8-4-2-1-3-5-8/h6-8H,1-5H2. The van der Waals surface area contributed by atoms with Crippen LogP contribution in [-0.4, -0.2) is 9.97 Å². The molecule has 3 nitrogen and oxygen atoms in total. The number of aromatic nitrogens is 2. The van der Waals surface area contributed by atoms with Gasteiger partial charge in [0.25, 0.3) is 0 Å². The summed E-state index contributed by atoms with van der Waals surface area (Å²) >= 11 is 0. The monoisotopic (exact) mass is 270 g/mol. The van der Waals surface area contributed by atoms with Crippen LogP contribution in [0.2, 0.25) is 0 Å².